The van der Waals surface area contributed by atoms with Crippen LogP contribution in [0, 0.1) is 24.0 Å². The Balaban J connectivity index is 1.44. The number of amides is 1. The Labute approximate surface area is 257 Å². The van der Waals surface area contributed by atoms with Crippen LogP contribution in [-0.2, 0) is 15.3 Å². The number of aliphatic hydroxyl groups is 1. The second-order valence-corrected chi connectivity index (χ2v) is 12.3. The van der Waals surface area contributed by atoms with Gasteiger partial charge in [-0.05, 0) is 60.9 Å². The first-order valence-electron chi connectivity index (χ1n) is 12.8. The number of anilines is 1. The molecular weight excluding hydrogens is 612 g/mol. The summed E-state index contributed by atoms with van der Waals surface area (Å²) in [5.74, 6) is -1.72. The Bertz CT molecular complexity index is 1950. The summed E-state index contributed by atoms with van der Waals surface area (Å²) in [6.45, 7) is 3.62. The third-order valence-electron chi connectivity index (χ3n) is 7.05. The number of rotatable bonds is 7. The third-order valence-corrected chi connectivity index (χ3v) is 9.43. The van der Waals surface area contributed by atoms with E-state index in [1.165, 1.54) is 40.9 Å². The molecule has 5 aromatic rings. The molecule has 0 radical (unpaired) electrons. The molecule has 1 aliphatic rings. The zero-order valence-electron chi connectivity index (χ0n) is 22.6. The molecule has 0 saturated carbocycles. The molecule has 1 amide bonds. The molecule has 0 spiro atoms. The number of pyridine rings is 1. The van der Waals surface area contributed by atoms with Crippen molar-refractivity contribution in [3.8, 4) is 0 Å². The number of carbonyl (C=O) groups excluding carboxylic acids is 2. The maximum atomic E-state index is 13.6. The Morgan fingerprint density at radius 3 is 2.49 bits per heavy atom. The number of fused-ring (bicyclic) bond motifs is 1. The van der Waals surface area contributed by atoms with E-state index >= 15 is 0 Å². The van der Waals surface area contributed by atoms with Gasteiger partial charge in [0.1, 0.15) is 11.3 Å². The zero-order chi connectivity index (χ0) is 30.4. The molecule has 1 unspecified atom stereocenters. The van der Waals surface area contributed by atoms with Gasteiger partial charge in [0.05, 0.1) is 22.2 Å². The van der Waals surface area contributed by atoms with Crippen LogP contribution in [0.2, 0.25) is 5.02 Å². The summed E-state index contributed by atoms with van der Waals surface area (Å²) in [6.07, 6.45) is 1.79. The molecule has 0 aliphatic carbocycles. The molecule has 4 heterocycles. The quantitative estimate of drug-likeness (QED) is 0.0417. The second kappa shape index (κ2) is 11.2. The molecule has 1 N–H and O–H groups in total. The predicted molar refractivity (Wildman–Crippen MR) is 163 cm³/mol. The molecular formula is C29H21ClN6O5S2. The number of halogens is 1. The van der Waals surface area contributed by atoms with Gasteiger partial charge in [0.25, 0.3) is 11.5 Å². The minimum absolute atomic E-state index is 0.144. The van der Waals surface area contributed by atoms with Crippen LogP contribution in [0.3, 0.4) is 0 Å². The number of carbonyl (C=O) groups is 2. The molecule has 3 aromatic heterocycles. The van der Waals surface area contributed by atoms with Gasteiger partial charge in [-0.1, -0.05) is 52.9 Å². The number of non-ortho nitro benzene ring substituents is 1. The highest BCUT2D eigenvalue weighted by Gasteiger charge is 2.49. The van der Waals surface area contributed by atoms with Crippen molar-refractivity contribution >= 4 is 68.6 Å². The van der Waals surface area contributed by atoms with Crippen LogP contribution in [0.15, 0.2) is 76.8 Å². The molecule has 43 heavy (non-hydrogen) atoms. The van der Waals surface area contributed by atoms with Crippen LogP contribution in [0.5, 0.6) is 0 Å². The highest BCUT2D eigenvalue weighted by molar-refractivity contribution is 8.00. The number of nitro benzene ring substituents is 1. The largest absolute Gasteiger partial charge is 0.505 e. The molecule has 14 heteroatoms. The topological polar surface area (TPSA) is 144 Å². The van der Waals surface area contributed by atoms with Gasteiger partial charge in [0.2, 0.25) is 5.13 Å². The maximum absolute atomic E-state index is 13.6. The van der Waals surface area contributed by atoms with Gasteiger partial charge in [-0.3, -0.25) is 24.6 Å². The molecule has 11 nitrogen and oxygen atoms in total. The van der Waals surface area contributed by atoms with Crippen LogP contribution in [0.25, 0.3) is 11.4 Å². The van der Waals surface area contributed by atoms with Gasteiger partial charge in [-0.25, -0.2) is 4.98 Å². The van der Waals surface area contributed by atoms with Crippen LogP contribution in [0.1, 0.15) is 34.1 Å². The number of nitro groups is 1. The average molecular weight is 633 g/mol. The predicted octanol–water partition coefficient (Wildman–Crippen LogP) is 6.28. The number of hydrogen-bond donors (Lipinski definition) is 1. The minimum Gasteiger partial charge on any atom is -0.505 e. The van der Waals surface area contributed by atoms with E-state index in [9.17, 15) is 24.8 Å². The summed E-state index contributed by atoms with van der Waals surface area (Å²) in [6, 6.07) is 15.4. The fourth-order valence-electron chi connectivity index (χ4n) is 4.88. The minimum atomic E-state index is -1.13. The van der Waals surface area contributed by atoms with E-state index in [1.807, 2.05) is 31.2 Å². The molecule has 0 bridgehead atoms. The summed E-state index contributed by atoms with van der Waals surface area (Å²) in [5.41, 5.74) is 3.18. The maximum Gasteiger partial charge on any atom is 0.301 e. The lowest BCUT2D eigenvalue weighted by molar-refractivity contribution is -0.384. The Morgan fingerprint density at radius 2 is 1.81 bits per heavy atom. The fourth-order valence-corrected chi connectivity index (χ4v) is 6.83. The first-order chi connectivity index (χ1) is 20.6. The van der Waals surface area contributed by atoms with Gasteiger partial charge < -0.3 is 9.51 Å². The molecule has 1 fully saturated rings. The number of Topliss-reactive ketones (excluding diaryl/α,β-unsaturated/α-hetero) is 1. The number of aromatic nitrogens is 4. The van der Waals surface area contributed by atoms with Crippen LogP contribution in [-0.4, -0.2) is 41.3 Å². The van der Waals surface area contributed by atoms with Crippen molar-refractivity contribution in [3.05, 3.63) is 116 Å². The lowest BCUT2D eigenvalue weighted by Crippen LogP contribution is -2.29. The van der Waals surface area contributed by atoms with Crippen molar-refractivity contribution in [1.29, 1.82) is 0 Å². The molecule has 2 aromatic carbocycles. The van der Waals surface area contributed by atoms with Gasteiger partial charge in [0, 0.05) is 29.1 Å². The lowest BCUT2D eigenvalue weighted by Gasteiger charge is -2.22. The number of imidazole rings is 1. The van der Waals surface area contributed by atoms with Crippen LogP contribution in [0.4, 0.5) is 10.8 Å². The van der Waals surface area contributed by atoms with E-state index in [0.29, 0.717) is 32.0 Å². The van der Waals surface area contributed by atoms with E-state index in [-0.39, 0.29) is 22.1 Å². The summed E-state index contributed by atoms with van der Waals surface area (Å²) in [7, 11) is 0. The lowest BCUT2D eigenvalue weighted by atomic mass is 9.96. The molecule has 1 aliphatic heterocycles. The van der Waals surface area contributed by atoms with Crippen LogP contribution < -0.4 is 4.90 Å². The van der Waals surface area contributed by atoms with E-state index in [0.717, 1.165) is 22.5 Å². The number of benzene rings is 2. The first-order valence-corrected chi connectivity index (χ1v) is 15.0. The fraction of sp³-hybridized carbons (Fsp3) is 0.138. The normalized spacial score (nSPS) is 16.3. The highest BCUT2D eigenvalue weighted by Crippen LogP contribution is 2.44. The van der Waals surface area contributed by atoms with Crippen molar-refractivity contribution in [2.75, 3.05) is 4.90 Å². The van der Waals surface area contributed by atoms with Gasteiger partial charge in [0.15, 0.2) is 10.1 Å². The molecule has 1 atom stereocenters. The number of aryl methyl sites for hydroxylation is 2. The van der Waals surface area contributed by atoms with Crippen molar-refractivity contribution in [3.63, 3.8) is 0 Å². The van der Waals surface area contributed by atoms with Crippen molar-refractivity contribution in [1.82, 2.24) is 19.6 Å². The summed E-state index contributed by atoms with van der Waals surface area (Å²) in [4.78, 5) is 43.7. The van der Waals surface area contributed by atoms with Gasteiger partial charge >= 0.3 is 5.91 Å². The van der Waals surface area contributed by atoms with E-state index < -0.39 is 28.4 Å². The number of aliphatic hydroxyl groups excluding tert-OH is 1. The Hall–Kier alpha value is -4.59. The van der Waals surface area contributed by atoms with E-state index in [2.05, 4.69) is 15.2 Å². The summed E-state index contributed by atoms with van der Waals surface area (Å²) >= 11 is 8.50. The third kappa shape index (κ3) is 5.15. The Kier molecular flexibility index (Phi) is 7.46. The monoisotopic (exact) mass is 632 g/mol. The van der Waals surface area contributed by atoms with Crippen molar-refractivity contribution < 1.29 is 19.6 Å². The standard InChI is InChI=1S/C29H21ClN6O5S2/c1-15-4-3-13-34-16(2)22(31-26(15)34)24(37)21-23(18-7-11-20(12-8-18)36(40)41)35(27(39)25(21)38)28-32-33-29(43-28)42-14-17-5-9-19(30)10-6-17/h3-13,23,37H,14H2,1-2H3/b24-21+. The number of hydrogen-bond acceptors (Lipinski definition) is 10. The number of thioether (sulfide) groups is 1. The van der Waals surface area contributed by atoms with E-state index in [4.69, 9.17) is 11.6 Å². The average Bonchev–Trinajstić information content (AvgIpc) is 3.68. The van der Waals surface area contributed by atoms with Gasteiger partial charge in [-0.2, -0.15) is 0 Å². The zero-order valence-corrected chi connectivity index (χ0v) is 25.0. The first kappa shape index (κ1) is 28.5. The molecule has 6 rings (SSSR count). The van der Waals surface area contributed by atoms with Gasteiger partial charge in [-0.15, -0.1) is 10.2 Å². The summed E-state index contributed by atoms with van der Waals surface area (Å²) < 4.78 is 2.34. The Morgan fingerprint density at radius 1 is 1.09 bits per heavy atom. The number of ketones is 1. The SMILES string of the molecule is Cc1cccn2c(C)c(/C(O)=C3\C(=O)C(=O)N(c4nnc(SCc5ccc(Cl)cc5)s4)C3c3ccc([N+](=O)[O-])cc3)nc12. The highest BCUT2D eigenvalue weighted by atomic mass is 35.5. The van der Waals surface area contributed by atoms with Crippen molar-refractivity contribution in [2.24, 2.45) is 0 Å². The summed E-state index contributed by atoms with van der Waals surface area (Å²) in [5, 5.41) is 32.1. The van der Waals surface area contributed by atoms with Crippen LogP contribution >= 0.6 is 34.7 Å². The molecule has 216 valence electrons. The van der Waals surface area contributed by atoms with Crippen molar-refractivity contribution in [2.45, 2.75) is 30.0 Å². The smallest absolute Gasteiger partial charge is 0.301 e. The molecule has 1 saturated heterocycles. The number of nitrogens with zero attached hydrogens (tertiary/aromatic N) is 6. The second-order valence-electron chi connectivity index (χ2n) is 9.71. The van der Waals surface area contributed by atoms with E-state index in [1.54, 1.807) is 29.7 Å².